The van der Waals surface area contributed by atoms with Gasteiger partial charge in [0.1, 0.15) is 6.61 Å². The van der Waals surface area contributed by atoms with Crippen LogP contribution in [0.25, 0.3) is 11.4 Å². The van der Waals surface area contributed by atoms with Crippen molar-refractivity contribution in [1.29, 1.82) is 0 Å². The molecule has 0 aliphatic heterocycles. The SMILES string of the molecule is C=CCOc1c(OC)cccc1C(c1c(C)[nH]n(-c2ccccc2)c1=O)c1c(C)[nH]n(-c2ccccc2)c1=O. The van der Waals surface area contributed by atoms with Gasteiger partial charge in [0.05, 0.1) is 35.5 Å². The number of benzene rings is 3. The van der Waals surface area contributed by atoms with Crippen molar-refractivity contribution in [3.8, 4) is 22.9 Å². The van der Waals surface area contributed by atoms with E-state index in [1.54, 1.807) is 19.3 Å². The Morgan fingerprint density at radius 3 is 1.77 bits per heavy atom. The van der Waals surface area contributed by atoms with E-state index in [1.165, 1.54) is 9.36 Å². The number of hydrogen-bond acceptors (Lipinski definition) is 4. The number of para-hydroxylation sites is 3. The first-order valence-corrected chi connectivity index (χ1v) is 12.6. The van der Waals surface area contributed by atoms with Gasteiger partial charge in [-0.15, -0.1) is 0 Å². The molecule has 5 rings (SSSR count). The standard InChI is InChI=1S/C31H30N4O4/c1-5-19-39-29-24(17-12-18-25(29)38-4)28(26-20(2)32-34(30(26)36)22-13-8-6-9-14-22)27-21(3)33-35(31(27)37)23-15-10-7-11-16-23/h5-18,28,32-33H,1,19H2,2-4H3. The van der Waals surface area contributed by atoms with Crippen LogP contribution < -0.4 is 20.6 Å². The van der Waals surface area contributed by atoms with Crippen LogP contribution in [0, 0.1) is 13.8 Å². The van der Waals surface area contributed by atoms with Gasteiger partial charge in [-0.05, 0) is 44.2 Å². The predicted octanol–water partition coefficient (Wildman–Crippen LogP) is 5.02. The van der Waals surface area contributed by atoms with E-state index in [0.717, 1.165) is 0 Å². The third kappa shape index (κ3) is 4.61. The molecule has 0 saturated carbocycles. The minimum absolute atomic E-state index is 0.223. The van der Waals surface area contributed by atoms with Crippen molar-refractivity contribution in [3.05, 3.63) is 140 Å². The summed E-state index contributed by atoms with van der Waals surface area (Å²) in [6.45, 7) is 7.67. The average Bonchev–Trinajstić information content (AvgIpc) is 3.43. The third-order valence-corrected chi connectivity index (χ3v) is 6.73. The molecule has 5 aromatic rings. The van der Waals surface area contributed by atoms with Gasteiger partial charge in [0, 0.05) is 17.0 Å². The highest BCUT2D eigenvalue weighted by molar-refractivity contribution is 5.56. The molecule has 0 radical (unpaired) electrons. The Morgan fingerprint density at radius 1 is 0.795 bits per heavy atom. The van der Waals surface area contributed by atoms with Crippen molar-refractivity contribution in [3.63, 3.8) is 0 Å². The fourth-order valence-corrected chi connectivity index (χ4v) is 4.99. The monoisotopic (exact) mass is 522 g/mol. The molecule has 0 fully saturated rings. The molecule has 0 amide bonds. The Hall–Kier alpha value is -4.98. The number of aromatic amines is 2. The molecule has 0 saturated heterocycles. The van der Waals surface area contributed by atoms with Gasteiger partial charge in [0.15, 0.2) is 11.5 Å². The van der Waals surface area contributed by atoms with Crippen molar-refractivity contribution in [2.24, 2.45) is 0 Å². The quantitative estimate of drug-likeness (QED) is 0.266. The zero-order valence-corrected chi connectivity index (χ0v) is 22.1. The van der Waals surface area contributed by atoms with Crippen LogP contribution >= 0.6 is 0 Å². The summed E-state index contributed by atoms with van der Waals surface area (Å²) in [5.74, 6) is 0.178. The van der Waals surface area contributed by atoms with Gasteiger partial charge in [-0.2, -0.15) is 0 Å². The number of H-pyrrole nitrogens is 2. The second-order valence-corrected chi connectivity index (χ2v) is 9.16. The first-order chi connectivity index (χ1) is 19.0. The minimum atomic E-state index is -0.762. The van der Waals surface area contributed by atoms with Crippen LogP contribution in [0.1, 0.15) is 34.0 Å². The Morgan fingerprint density at radius 2 is 1.31 bits per heavy atom. The van der Waals surface area contributed by atoms with Crippen LogP contribution in [0.4, 0.5) is 0 Å². The molecule has 8 heteroatoms. The fraction of sp³-hybridized carbons (Fsp3) is 0.161. The van der Waals surface area contributed by atoms with Crippen LogP contribution in [0.3, 0.4) is 0 Å². The van der Waals surface area contributed by atoms with E-state index in [0.29, 0.717) is 51.0 Å². The highest BCUT2D eigenvalue weighted by atomic mass is 16.5. The lowest BCUT2D eigenvalue weighted by atomic mass is 9.84. The summed E-state index contributed by atoms with van der Waals surface area (Å²) in [5, 5.41) is 6.43. The first kappa shape index (κ1) is 25.7. The van der Waals surface area contributed by atoms with Crippen LogP contribution in [0.5, 0.6) is 11.5 Å². The van der Waals surface area contributed by atoms with E-state index in [9.17, 15) is 9.59 Å². The molecular formula is C31H30N4O4. The Balaban J connectivity index is 1.83. The maximum Gasteiger partial charge on any atom is 0.275 e. The molecule has 0 aliphatic carbocycles. The lowest BCUT2D eigenvalue weighted by Crippen LogP contribution is -2.25. The molecule has 0 spiro atoms. The summed E-state index contributed by atoms with van der Waals surface area (Å²) in [6, 6.07) is 24.1. The molecule has 8 nitrogen and oxygen atoms in total. The largest absolute Gasteiger partial charge is 0.493 e. The smallest absolute Gasteiger partial charge is 0.275 e. The van der Waals surface area contributed by atoms with Crippen molar-refractivity contribution < 1.29 is 9.47 Å². The molecule has 198 valence electrons. The number of aromatic nitrogens is 4. The summed E-state index contributed by atoms with van der Waals surface area (Å²) in [4.78, 5) is 28.2. The van der Waals surface area contributed by atoms with E-state index in [-0.39, 0.29) is 17.7 Å². The van der Waals surface area contributed by atoms with E-state index in [1.807, 2.05) is 86.6 Å². The van der Waals surface area contributed by atoms with Crippen LogP contribution in [0.15, 0.2) is 101 Å². The highest BCUT2D eigenvalue weighted by Gasteiger charge is 2.33. The van der Waals surface area contributed by atoms with E-state index in [4.69, 9.17) is 9.47 Å². The molecule has 0 bridgehead atoms. The molecule has 0 atom stereocenters. The molecule has 2 aromatic heterocycles. The number of methoxy groups -OCH3 is 1. The summed E-state index contributed by atoms with van der Waals surface area (Å²) in [6.07, 6.45) is 1.64. The van der Waals surface area contributed by atoms with Crippen LogP contribution in [-0.4, -0.2) is 33.3 Å². The van der Waals surface area contributed by atoms with E-state index in [2.05, 4.69) is 16.8 Å². The number of rotatable bonds is 9. The number of nitrogens with zero attached hydrogens (tertiary/aromatic N) is 2. The predicted molar refractivity (Wildman–Crippen MR) is 152 cm³/mol. The van der Waals surface area contributed by atoms with E-state index >= 15 is 0 Å². The Bertz CT molecular complexity index is 1630. The van der Waals surface area contributed by atoms with Crippen LogP contribution in [0.2, 0.25) is 0 Å². The van der Waals surface area contributed by atoms with Crippen molar-refractivity contribution in [2.75, 3.05) is 13.7 Å². The third-order valence-electron chi connectivity index (χ3n) is 6.73. The van der Waals surface area contributed by atoms with Gasteiger partial charge in [0.25, 0.3) is 11.1 Å². The van der Waals surface area contributed by atoms with Crippen molar-refractivity contribution in [1.82, 2.24) is 19.6 Å². The van der Waals surface area contributed by atoms with E-state index < -0.39 is 5.92 Å². The molecule has 39 heavy (non-hydrogen) atoms. The van der Waals surface area contributed by atoms with Gasteiger partial charge in [-0.1, -0.05) is 61.2 Å². The molecule has 2 heterocycles. The minimum Gasteiger partial charge on any atom is -0.493 e. The number of aryl methyl sites for hydroxylation is 2. The van der Waals surface area contributed by atoms with Gasteiger partial charge < -0.3 is 9.47 Å². The average molecular weight is 523 g/mol. The summed E-state index contributed by atoms with van der Waals surface area (Å²) in [5.41, 5.74) is 3.66. The molecule has 0 aliphatic rings. The molecule has 3 aromatic carbocycles. The maximum atomic E-state index is 14.1. The summed E-state index contributed by atoms with van der Waals surface area (Å²) >= 11 is 0. The Kier molecular flexibility index (Phi) is 7.10. The summed E-state index contributed by atoms with van der Waals surface area (Å²) in [7, 11) is 1.56. The van der Waals surface area contributed by atoms with Gasteiger partial charge in [-0.3, -0.25) is 19.8 Å². The van der Waals surface area contributed by atoms with Gasteiger partial charge >= 0.3 is 0 Å². The highest BCUT2D eigenvalue weighted by Crippen LogP contribution is 2.42. The normalized spacial score (nSPS) is 11.1. The number of nitrogens with one attached hydrogen (secondary N) is 2. The maximum absolute atomic E-state index is 14.1. The molecular weight excluding hydrogens is 492 g/mol. The number of hydrogen-bond donors (Lipinski definition) is 2. The second kappa shape index (κ2) is 10.8. The van der Waals surface area contributed by atoms with Gasteiger partial charge in [0.2, 0.25) is 0 Å². The topological polar surface area (TPSA) is 94.0 Å². The summed E-state index contributed by atoms with van der Waals surface area (Å²) < 4.78 is 14.7. The molecule has 0 unspecified atom stereocenters. The zero-order valence-electron chi connectivity index (χ0n) is 22.1. The lowest BCUT2D eigenvalue weighted by Gasteiger charge is -2.21. The first-order valence-electron chi connectivity index (χ1n) is 12.6. The Labute approximate surface area is 225 Å². The van der Waals surface area contributed by atoms with Crippen molar-refractivity contribution >= 4 is 0 Å². The van der Waals surface area contributed by atoms with Crippen molar-refractivity contribution in [2.45, 2.75) is 19.8 Å². The second-order valence-electron chi connectivity index (χ2n) is 9.16. The van der Waals surface area contributed by atoms with Crippen LogP contribution in [-0.2, 0) is 0 Å². The lowest BCUT2D eigenvalue weighted by molar-refractivity contribution is 0.322. The number of ether oxygens (including phenoxy) is 2. The van der Waals surface area contributed by atoms with Gasteiger partial charge in [-0.25, -0.2) is 9.36 Å². The zero-order chi connectivity index (χ0) is 27.5. The fourth-order valence-electron chi connectivity index (χ4n) is 4.99. The molecule has 2 N–H and O–H groups in total.